The molecule has 4 aromatic carbocycles. The Morgan fingerprint density at radius 2 is 1.11 bits per heavy atom. The van der Waals surface area contributed by atoms with E-state index in [4.69, 9.17) is 0 Å². The third kappa shape index (κ3) is 7.80. The van der Waals surface area contributed by atoms with Gasteiger partial charge in [-0.2, -0.15) is 0 Å². The predicted octanol–water partition coefficient (Wildman–Crippen LogP) is 6.13. The van der Waals surface area contributed by atoms with Crippen molar-refractivity contribution in [3.63, 3.8) is 0 Å². The molecule has 0 saturated carbocycles. The van der Waals surface area contributed by atoms with E-state index in [9.17, 15) is 4.79 Å². The van der Waals surface area contributed by atoms with E-state index in [1.807, 2.05) is 84.9 Å². The van der Waals surface area contributed by atoms with Crippen molar-refractivity contribution in [2.24, 2.45) is 0 Å². The Kier molecular flexibility index (Phi) is 9.03. The van der Waals surface area contributed by atoms with Gasteiger partial charge in [0.25, 0.3) is 0 Å². The summed E-state index contributed by atoms with van der Waals surface area (Å²) in [6, 6.07) is 40.7. The van der Waals surface area contributed by atoms with Gasteiger partial charge in [0.2, 0.25) is 5.91 Å². The highest BCUT2D eigenvalue weighted by Gasteiger charge is 2.24. The number of nitrogens with one attached hydrogen (secondary N) is 1. The fourth-order valence-electron chi connectivity index (χ4n) is 4.11. The molecule has 0 radical (unpaired) electrons. The average Bonchev–Trinajstić information content (AvgIpc) is 2.91. The van der Waals surface area contributed by atoms with Crippen LogP contribution in [0.2, 0.25) is 0 Å². The number of benzene rings is 4. The molecule has 0 saturated heterocycles. The molecule has 0 aromatic heterocycles. The van der Waals surface area contributed by atoms with Crippen LogP contribution in [-0.2, 0) is 24.3 Å². The first-order valence-corrected chi connectivity index (χ1v) is 12.1. The second kappa shape index (κ2) is 13.1. The van der Waals surface area contributed by atoms with Crippen LogP contribution in [0.15, 0.2) is 127 Å². The molecule has 0 aliphatic carbocycles. The second-order valence-corrected chi connectivity index (χ2v) is 8.62. The van der Waals surface area contributed by atoms with Crippen molar-refractivity contribution in [1.29, 1.82) is 0 Å². The first-order chi connectivity index (χ1) is 17.3. The van der Waals surface area contributed by atoms with Crippen LogP contribution in [0.4, 0.5) is 0 Å². The molecule has 1 N–H and O–H groups in total. The van der Waals surface area contributed by atoms with Gasteiger partial charge in [-0.1, -0.05) is 133 Å². The number of hydrogen-bond donors (Lipinski definition) is 1. The molecule has 0 fully saturated rings. The molecule has 3 heteroatoms. The molecular weight excluding hydrogens is 428 g/mol. The molecule has 1 amide bonds. The van der Waals surface area contributed by atoms with Crippen molar-refractivity contribution >= 4 is 12.0 Å². The van der Waals surface area contributed by atoms with E-state index in [0.717, 1.165) is 12.0 Å². The summed E-state index contributed by atoms with van der Waals surface area (Å²) < 4.78 is 0. The molecule has 1 unspecified atom stereocenters. The number of carbonyl (C=O) groups is 1. The second-order valence-electron chi connectivity index (χ2n) is 8.62. The van der Waals surface area contributed by atoms with Crippen molar-refractivity contribution in [1.82, 2.24) is 10.2 Å². The highest BCUT2D eigenvalue weighted by atomic mass is 16.2. The summed E-state index contributed by atoms with van der Waals surface area (Å²) in [5, 5.41) is 3.19. The summed E-state index contributed by atoms with van der Waals surface area (Å²) >= 11 is 0. The fourth-order valence-corrected chi connectivity index (χ4v) is 4.11. The lowest BCUT2D eigenvalue weighted by Crippen LogP contribution is -2.45. The van der Waals surface area contributed by atoms with Gasteiger partial charge in [0, 0.05) is 19.6 Å². The Morgan fingerprint density at radius 3 is 1.63 bits per heavy atom. The van der Waals surface area contributed by atoms with Gasteiger partial charge in [-0.05, 0) is 28.7 Å². The molecule has 0 aliphatic heterocycles. The highest BCUT2D eigenvalue weighted by Crippen LogP contribution is 2.16. The standard InChI is InChI=1S/C32H32N2O/c35-32(33-24-23-28-15-7-2-8-16-28)31(22-21-27-13-5-1-6-14-27)34(25-29-17-9-3-10-18-29)26-30-19-11-4-12-20-30/h1-22,31H,23-26H2,(H,33,35)/b22-21+. The van der Waals surface area contributed by atoms with E-state index in [0.29, 0.717) is 19.6 Å². The fraction of sp³-hybridized carbons (Fsp3) is 0.156. The van der Waals surface area contributed by atoms with E-state index in [1.54, 1.807) is 0 Å². The zero-order valence-corrected chi connectivity index (χ0v) is 20.0. The van der Waals surface area contributed by atoms with Crippen molar-refractivity contribution in [3.8, 4) is 0 Å². The SMILES string of the molecule is O=C(NCCc1ccccc1)C(/C=C/c1ccccc1)N(Cc1ccccc1)Cc1ccccc1. The summed E-state index contributed by atoms with van der Waals surface area (Å²) in [6.45, 7) is 1.94. The summed E-state index contributed by atoms with van der Waals surface area (Å²) in [7, 11) is 0. The van der Waals surface area contributed by atoms with Crippen LogP contribution >= 0.6 is 0 Å². The van der Waals surface area contributed by atoms with Crippen LogP contribution < -0.4 is 5.32 Å². The van der Waals surface area contributed by atoms with Crippen LogP contribution in [0.5, 0.6) is 0 Å². The van der Waals surface area contributed by atoms with Gasteiger partial charge in [0.1, 0.15) is 6.04 Å². The number of nitrogens with zero attached hydrogens (tertiary/aromatic N) is 1. The van der Waals surface area contributed by atoms with Crippen LogP contribution in [0.25, 0.3) is 6.08 Å². The molecule has 0 heterocycles. The molecule has 35 heavy (non-hydrogen) atoms. The van der Waals surface area contributed by atoms with E-state index < -0.39 is 6.04 Å². The van der Waals surface area contributed by atoms with E-state index in [-0.39, 0.29) is 5.91 Å². The van der Waals surface area contributed by atoms with Crippen molar-refractivity contribution in [3.05, 3.63) is 150 Å². The minimum Gasteiger partial charge on any atom is -0.354 e. The van der Waals surface area contributed by atoms with E-state index in [1.165, 1.54) is 16.7 Å². The molecule has 176 valence electrons. The van der Waals surface area contributed by atoms with Crippen LogP contribution in [0, 0.1) is 0 Å². The Labute approximate surface area is 208 Å². The molecule has 0 bridgehead atoms. The number of amides is 1. The molecule has 1 atom stereocenters. The summed E-state index contributed by atoms with van der Waals surface area (Å²) in [4.78, 5) is 15.8. The third-order valence-electron chi connectivity index (χ3n) is 5.95. The minimum absolute atomic E-state index is 0.0139. The molecule has 4 rings (SSSR count). The maximum Gasteiger partial charge on any atom is 0.241 e. The van der Waals surface area contributed by atoms with Crippen molar-refractivity contribution in [2.75, 3.05) is 6.54 Å². The quantitative estimate of drug-likeness (QED) is 0.292. The molecular formula is C32H32N2O. The largest absolute Gasteiger partial charge is 0.354 e. The monoisotopic (exact) mass is 460 g/mol. The van der Waals surface area contributed by atoms with Crippen molar-refractivity contribution < 1.29 is 4.79 Å². The summed E-state index contributed by atoms with van der Waals surface area (Å²) in [6.07, 6.45) is 4.88. The van der Waals surface area contributed by atoms with E-state index in [2.05, 4.69) is 58.7 Å². The molecule has 0 spiro atoms. The lowest BCUT2D eigenvalue weighted by atomic mass is 10.1. The maximum atomic E-state index is 13.6. The lowest BCUT2D eigenvalue weighted by molar-refractivity contribution is -0.125. The number of rotatable bonds is 11. The van der Waals surface area contributed by atoms with E-state index >= 15 is 0 Å². The first-order valence-electron chi connectivity index (χ1n) is 12.1. The molecule has 3 nitrogen and oxygen atoms in total. The van der Waals surface area contributed by atoms with Gasteiger partial charge >= 0.3 is 0 Å². The highest BCUT2D eigenvalue weighted by molar-refractivity contribution is 5.84. The zero-order valence-electron chi connectivity index (χ0n) is 20.0. The van der Waals surface area contributed by atoms with Crippen molar-refractivity contribution in [2.45, 2.75) is 25.6 Å². The summed E-state index contributed by atoms with van der Waals surface area (Å²) in [5.41, 5.74) is 4.65. The topological polar surface area (TPSA) is 32.3 Å². The van der Waals surface area contributed by atoms with Crippen LogP contribution in [-0.4, -0.2) is 23.4 Å². The lowest BCUT2D eigenvalue weighted by Gasteiger charge is -2.29. The van der Waals surface area contributed by atoms with Gasteiger partial charge < -0.3 is 5.32 Å². The first kappa shape index (κ1) is 24.2. The zero-order chi connectivity index (χ0) is 24.1. The Balaban J connectivity index is 1.57. The van der Waals surface area contributed by atoms with Crippen LogP contribution in [0.1, 0.15) is 22.3 Å². The van der Waals surface area contributed by atoms with Gasteiger partial charge in [0.15, 0.2) is 0 Å². The Hall–Kier alpha value is -3.95. The number of carbonyl (C=O) groups excluding carboxylic acids is 1. The van der Waals surface area contributed by atoms with Gasteiger partial charge in [-0.25, -0.2) is 0 Å². The van der Waals surface area contributed by atoms with Crippen LogP contribution in [0.3, 0.4) is 0 Å². The van der Waals surface area contributed by atoms with Gasteiger partial charge in [0.05, 0.1) is 0 Å². The molecule has 4 aromatic rings. The summed E-state index contributed by atoms with van der Waals surface area (Å²) in [5.74, 6) is 0.0139. The van der Waals surface area contributed by atoms with Gasteiger partial charge in [-0.3, -0.25) is 9.69 Å². The Morgan fingerprint density at radius 1 is 0.657 bits per heavy atom. The van der Waals surface area contributed by atoms with Gasteiger partial charge in [-0.15, -0.1) is 0 Å². The maximum absolute atomic E-state index is 13.6. The Bertz CT molecular complexity index is 1130. The average molecular weight is 461 g/mol. The third-order valence-corrected chi connectivity index (χ3v) is 5.95. The predicted molar refractivity (Wildman–Crippen MR) is 145 cm³/mol. The minimum atomic E-state index is -0.411. The smallest absolute Gasteiger partial charge is 0.241 e. The molecule has 0 aliphatic rings. The number of hydrogen-bond acceptors (Lipinski definition) is 2. The normalized spacial score (nSPS) is 12.0.